The lowest BCUT2D eigenvalue weighted by Crippen LogP contribution is -2.51. The largest absolute Gasteiger partial charge is 0.340 e. The van der Waals surface area contributed by atoms with Gasteiger partial charge in [0.2, 0.25) is 11.8 Å². The molecule has 1 aromatic rings. The summed E-state index contributed by atoms with van der Waals surface area (Å²) in [6, 6.07) is 8.38. The van der Waals surface area contributed by atoms with E-state index >= 15 is 0 Å². The molecular formula is C17H23N3O2. The number of hydrogen-bond donors (Lipinski definition) is 0. The fourth-order valence-electron chi connectivity index (χ4n) is 3.43. The summed E-state index contributed by atoms with van der Waals surface area (Å²) in [4.78, 5) is 30.0. The van der Waals surface area contributed by atoms with Gasteiger partial charge in [-0.2, -0.15) is 0 Å². The van der Waals surface area contributed by atoms with Crippen molar-refractivity contribution >= 4 is 17.5 Å². The topological polar surface area (TPSA) is 43.9 Å². The fraction of sp³-hybridized carbons (Fsp3) is 0.529. The molecule has 3 rings (SSSR count). The van der Waals surface area contributed by atoms with Crippen LogP contribution in [-0.2, 0) is 16.0 Å². The van der Waals surface area contributed by atoms with Gasteiger partial charge in [0.1, 0.15) is 0 Å². The van der Waals surface area contributed by atoms with E-state index in [-0.39, 0.29) is 17.9 Å². The Bertz CT molecular complexity index is 579. The molecule has 1 aromatic carbocycles. The third-order valence-corrected chi connectivity index (χ3v) is 4.65. The minimum absolute atomic E-state index is 0.119. The predicted octanol–water partition coefficient (Wildman–Crippen LogP) is 1.13. The number of rotatable bonds is 2. The van der Waals surface area contributed by atoms with E-state index in [9.17, 15) is 9.59 Å². The van der Waals surface area contributed by atoms with Crippen molar-refractivity contribution in [1.29, 1.82) is 0 Å². The van der Waals surface area contributed by atoms with Crippen molar-refractivity contribution in [3.8, 4) is 0 Å². The maximum atomic E-state index is 12.7. The Labute approximate surface area is 131 Å². The number of nitrogens with zero attached hydrogens (tertiary/aromatic N) is 3. The predicted molar refractivity (Wildman–Crippen MR) is 85.8 cm³/mol. The molecule has 1 saturated heterocycles. The molecule has 2 aliphatic heterocycles. The smallest absolute Gasteiger partial charge is 0.241 e. The summed E-state index contributed by atoms with van der Waals surface area (Å²) in [6.45, 7) is 7.12. The van der Waals surface area contributed by atoms with Crippen molar-refractivity contribution in [1.82, 2.24) is 9.80 Å². The van der Waals surface area contributed by atoms with Crippen molar-refractivity contribution in [3.63, 3.8) is 0 Å². The maximum absolute atomic E-state index is 12.7. The summed E-state index contributed by atoms with van der Waals surface area (Å²) >= 11 is 0. The number of anilines is 1. The van der Waals surface area contributed by atoms with E-state index in [4.69, 9.17) is 0 Å². The Balaban J connectivity index is 1.62. The fourth-order valence-corrected chi connectivity index (χ4v) is 3.43. The molecular weight excluding hydrogens is 278 g/mol. The molecule has 0 aromatic heterocycles. The summed E-state index contributed by atoms with van der Waals surface area (Å²) in [5, 5.41) is 0. The third-order valence-electron chi connectivity index (χ3n) is 4.65. The number of carbonyl (C=O) groups is 2. The number of carbonyl (C=O) groups excluding carboxylic acids is 2. The normalized spacial score (nSPS) is 21.8. The average molecular weight is 301 g/mol. The van der Waals surface area contributed by atoms with Gasteiger partial charge in [-0.05, 0) is 25.0 Å². The highest BCUT2D eigenvalue weighted by Gasteiger charge is 2.31. The lowest BCUT2D eigenvalue weighted by atomic mass is 10.1. The van der Waals surface area contributed by atoms with Gasteiger partial charge in [0.05, 0.1) is 6.54 Å². The van der Waals surface area contributed by atoms with Gasteiger partial charge < -0.3 is 9.80 Å². The highest BCUT2D eigenvalue weighted by molar-refractivity contribution is 5.97. The van der Waals surface area contributed by atoms with E-state index in [2.05, 4.69) is 17.9 Å². The molecule has 1 atom stereocenters. The number of fused-ring (bicyclic) bond motifs is 1. The second kappa shape index (κ2) is 6.08. The molecule has 5 nitrogen and oxygen atoms in total. The first kappa shape index (κ1) is 15.0. The summed E-state index contributed by atoms with van der Waals surface area (Å²) in [6.07, 6.45) is 0.931. The van der Waals surface area contributed by atoms with Crippen LogP contribution in [0.3, 0.4) is 0 Å². The number of hydrogen-bond acceptors (Lipinski definition) is 3. The van der Waals surface area contributed by atoms with E-state index in [0.29, 0.717) is 6.54 Å². The second-order valence-electron chi connectivity index (χ2n) is 6.23. The monoisotopic (exact) mass is 301 g/mol. The van der Waals surface area contributed by atoms with Crippen molar-refractivity contribution in [2.75, 3.05) is 37.6 Å². The minimum atomic E-state index is 0.119. The first-order valence-electron chi connectivity index (χ1n) is 7.94. The Morgan fingerprint density at radius 3 is 2.50 bits per heavy atom. The highest BCUT2D eigenvalue weighted by Crippen LogP contribution is 2.31. The number of para-hydroxylation sites is 1. The van der Waals surface area contributed by atoms with Crippen LogP contribution >= 0.6 is 0 Å². The van der Waals surface area contributed by atoms with Gasteiger partial charge in [-0.25, -0.2) is 0 Å². The van der Waals surface area contributed by atoms with E-state index in [1.807, 2.05) is 28.0 Å². The van der Waals surface area contributed by atoms with Gasteiger partial charge in [-0.3, -0.25) is 14.5 Å². The van der Waals surface area contributed by atoms with E-state index in [1.165, 1.54) is 5.56 Å². The minimum Gasteiger partial charge on any atom is -0.340 e. The zero-order valence-corrected chi connectivity index (χ0v) is 13.3. The van der Waals surface area contributed by atoms with Crippen molar-refractivity contribution in [2.45, 2.75) is 26.3 Å². The van der Waals surface area contributed by atoms with Gasteiger partial charge in [0.15, 0.2) is 0 Å². The molecule has 2 aliphatic rings. The van der Waals surface area contributed by atoms with Gasteiger partial charge in [-0.15, -0.1) is 0 Å². The number of benzene rings is 1. The number of piperazine rings is 1. The summed E-state index contributed by atoms with van der Waals surface area (Å²) in [5.41, 5.74) is 2.31. The lowest BCUT2D eigenvalue weighted by Gasteiger charge is -2.35. The van der Waals surface area contributed by atoms with Crippen LogP contribution in [0.15, 0.2) is 24.3 Å². The molecule has 0 aliphatic carbocycles. The van der Waals surface area contributed by atoms with Gasteiger partial charge >= 0.3 is 0 Å². The molecule has 0 radical (unpaired) electrons. The molecule has 118 valence electrons. The van der Waals surface area contributed by atoms with Gasteiger partial charge in [0, 0.05) is 44.8 Å². The maximum Gasteiger partial charge on any atom is 0.241 e. The van der Waals surface area contributed by atoms with E-state index in [0.717, 1.165) is 38.3 Å². The van der Waals surface area contributed by atoms with Crippen molar-refractivity contribution in [3.05, 3.63) is 29.8 Å². The van der Waals surface area contributed by atoms with Gasteiger partial charge in [0.25, 0.3) is 0 Å². The molecule has 0 saturated carbocycles. The van der Waals surface area contributed by atoms with Crippen LogP contribution in [0.2, 0.25) is 0 Å². The van der Waals surface area contributed by atoms with E-state index in [1.54, 1.807) is 6.92 Å². The molecule has 5 heteroatoms. The quantitative estimate of drug-likeness (QED) is 0.822. The first-order valence-corrected chi connectivity index (χ1v) is 7.94. The number of amides is 2. The van der Waals surface area contributed by atoms with Crippen LogP contribution < -0.4 is 4.90 Å². The van der Waals surface area contributed by atoms with Crippen molar-refractivity contribution in [2.24, 2.45) is 0 Å². The van der Waals surface area contributed by atoms with Crippen molar-refractivity contribution < 1.29 is 9.59 Å². The molecule has 0 bridgehead atoms. The SMILES string of the molecule is CC(=O)N1CCN(CC(=O)N2c3ccccc3C[C@H]2C)CC1. The first-order chi connectivity index (χ1) is 10.6. The molecule has 0 unspecified atom stereocenters. The standard InChI is InChI=1S/C17H23N3O2/c1-13-11-15-5-3-4-6-16(15)20(13)17(22)12-18-7-9-19(10-8-18)14(2)21/h3-6,13H,7-12H2,1-2H3/t13-/m1/s1. The summed E-state index contributed by atoms with van der Waals surface area (Å²) in [7, 11) is 0. The average Bonchev–Trinajstić information content (AvgIpc) is 2.83. The van der Waals surface area contributed by atoms with Crippen LogP contribution in [0.1, 0.15) is 19.4 Å². The van der Waals surface area contributed by atoms with E-state index < -0.39 is 0 Å². The Kier molecular flexibility index (Phi) is 4.16. The highest BCUT2D eigenvalue weighted by atomic mass is 16.2. The summed E-state index contributed by atoms with van der Waals surface area (Å²) in [5.74, 6) is 0.279. The molecule has 2 heterocycles. The van der Waals surface area contributed by atoms with Crippen LogP contribution in [0.25, 0.3) is 0 Å². The second-order valence-corrected chi connectivity index (χ2v) is 6.23. The van der Waals surface area contributed by atoms with Crippen LogP contribution in [-0.4, -0.2) is 60.4 Å². The molecule has 2 amide bonds. The zero-order valence-electron chi connectivity index (χ0n) is 13.3. The van der Waals surface area contributed by atoms with Crippen LogP contribution in [0, 0.1) is 0 Å². The third kappa shape index (κ3) is 2.86. The van der Waals surface area contributed by atoms with Gasteiger partial charge in [-0.1, -0.05) is 18.2 Å². The molecule has 1 fully saturated rings. The molecule has 0 N–H and O–H groups in total. The summed E-state index contributed by atoms with van der Waals surface area (Å²) < 4.78 is 0. The Morgan fingerprint density at radius 1 is 1.14 bits per heavy atom. The Morgan fingerprint density at radius 2 is 1.82 bits per heavy atom. The Hall–Kier alpha value is -1.88. The molecule has 0 spiro atoms. The molecule has 22 heavy (non-hydrogen) atoms. The van der Waals surface area contributed by atoms with Crippen LogP contribution in [0.4, 0.5) is 5.69 Å². The zero-order chi connectivity index (χ0) is 15.7. The van der Waals surface area contributed by atoms with Crippen LogP contribution in [0.5, 0.6) is 0 Å². The lowest BCUT2D eigenvalue weighted by molar-refractivity contribution is -0.130.